The number of pyridine rings is 2. The molecule has 2 rings (SSSR count). The number of aromatic nitrogens is 2. The minimum Gasteiger partial charge on any atom is -0.389 e. The highest BCUT2D eigenvalue weighted by Crippen LogP contribution is 2.20. The Morgan fingerprint density at radius 1 is 1.28 bits per heavy atom. The first kappa shape index (κ1) is 12.4. The summed E-state index contributed by atoms with van der Waals surface area (Å²) in [6.45, 7) is 2.05. The van der Waals surface area contributed by atoms with E-state index in [2.05, 4.69) is 15.3 Å². The normalized spacial score (nSPS) is 11.8. The highest BCUT2D eigenvalue weighted by Gasteiger charge is 2.09. The fraction of sp³-hybridized carbons (Fsp3) is 0.154. The molecule has 0 saturated heterocycles. The highest BCUT2D eigenvalue weighted by atomic mass is 32.1. The number of hydrogen-bond acceptors (Lipinski definition) is 4. The van der Waals surface area contributed by atoms with Crippen LogP contribution >= 0.6 is 12.2 Å². The third-order valence-electron chi connectivity index (χ3n) is 2.64. The van der Waals surface area contributed by atoms with Gasteiger partial charge in [0, 0.05) is 24.2 Å². The Morgan fingerprint density at radius 3 is 2.72 bits per heavy atom. The Balaban J connectivity index is 2.22. The first-order valence-corrected chi connectivity index (χ1v) is 5.99. The summed E-state index contributed by atoms with van der Waals surface area (Å²) >= 11 is 5.02. The van der Waals surface area contributed by atoms with Crippen molar-refractivity contribution in [2.24, 2.45) is 5.73 Å². The van der Waals surface area contributed by atoms with E-state index >= 15 is 0 Å². The molecule has 0 fully saturated rings. The standard InChI is InChI=1S/C13H14N4S/c1-9(10-3-2-5-15-7-10)17-12-8-16-6-4-11(12)13(14)18/h2-9,17H,1H3,(H2,14,18). The zero-order valence-electron chi connectivity index (χ0n) is 10.00. The predicted octanol–water partition coefficient (Wildman–Crippen LogP) is 2.28. The maximum absolute atomic E-state index is 5.68. The van der Waals surface area contributed by atoms with Gasteiger partial charge in [0.05, 0.1) is 17.9 Å². The Hall–Kier alpha value is -2.01. The smallest absolute Gasteiger partial charge is 0.106 e. The summed E-state index contributed by atoms with van der Waals surface area (Å²) < 4.78 is 0. The number of anilines is 1. The van der Waals surface area contributed by atoms with Gasteiger partial charge in [0.15, 0.2) is 0 Å². The van der Waals surface area contributed by atoms with Crippen LogP contribution in [0.1, 0.15) is 24.1 Å². The van der Waals surface area contributed by atoms with E-state index in [-0.39, 0.29) is 6.04 Å². The van der Waals surface area contributed by atoms with Crippen molar-refractivity contribution in [2.75, 3.05) is 5.32 Å². The van der Waals surface area contributed by atoms with E-state index < -0.39 is 0 Å². The summed E-state index contributed by atoms with van der Waals surface area (Å²) in [6, 6.07) is 5.84. The molecule has 2 aromatic heterocycles. The fourth-order valence-electron chi connectivity index (χ4n) is 1.67. The molecule has 0 aliphatic carbocycles. The summed E-state index contributed by atoms with van der Waals surface area (Å²) in [5.41, 5.74) is 8.41. The summed E-state index contributed by atoms with van der Waals surface area (Å²) in [7, 11) is 0. The van der Waals surface area contributed by atoms with Crippen molar-refractivity contribution in [3.63, 3.8) is 0 Å². The number of hydrogen-bond donors (Lipinski definition) is 2. The van der Waals surface area contributed by atoms with Gasteiger partial charge in [-0.1, -0.05) is 18.3 Å². The molecule has 92 valence electrons. The van der Waals surface area contributed by atoms with Crippen molar-refractivity contribution in [2.45, 2.75) is 13.0 Å². The predicted molar refractivity (Wildman–Crippen MR) is 76.4 cm³/mol. The number of nitrogens with two attached hydrogens (primary N) is 1. The van der Waals surface area contributed by atoms with Gasteiger partial charge in [-0.05, 0) is 24.6 Å². The van der Waals surface area contributed by atoms with Crippen LogP contribution in [0.15, 0.2) is 43.0 Å². The molecular weight excluding hydrogens is 244 g/mol. The minimum absolute atomic E-state index is 0.107. The second kappa shape index (κ2) is 5.55. The number of nitrogens with zero attached hydrogens (tertiary/aromatic N) is 2. The van der Waals surface area contributed by atoms with Gasteiger partial charge in [-0.2, -0.15) is 0 Å². The Kier molecular flexibility index (Phi) is 3.84. The molecule has 0 saturated carbocycles. The lowest BCUT2D eigenvalue weighted by Gasteiger charge is -2.17. The summed E-state index contributed by atoms with van der Waals surface area (Å²) in [5, 5.41) is 3.34. The van der Waals surface area contributed by atoms with Crippen molar-refractivity contribution >= 4 is 22.9 Å². The molecule has 5 heteroatoms. The molecule has 0 aliphatic rings. The van der Waals surface area contributed by atoms with E-state index in [0.717, 1.165) is 16.8 Å². The lowest BCUT2D eigenvalue weighted by molar-refractivity contribution is 0.873. The molecular formula is C13H14N4S. The highest BCUT2D eigenvalue weighted by molar-refractivity contribution is 7.80. The third-order valence-corrected chi connectivity index (χ3v) is 2.86. The summed E-state index contributed by atoms with van der Waals surface area (Å²) in [6.07, 6.45) is 6.98. The van der Waals surface area contributed by atoms with Gasteiger partial charge in [0.25, 0.3) is 0 Å². The Bertz CT molecular complexity index is 542. The van der Waals surface area contributed by atoms with Crippen molar-refractivity contribution in [1.82, 2.24) is 9.97 Å². The SMILES string of the molecule is CC(Nc1cnccc1C(N)=S)c1cccnc1. The van der Waals surface area contributed by atoms with Crippen molar-refractivity contribution < 1.29 is 0 Å². The van der Waals surface area contributed by atoms with Gasteiger partial charge in [0.1, 0.15) is 4.99 Å². The van der Waals surface area contributed by atoms with Crippen LogP contribution in [-0.4, -0.2) is 15.0 Å². The number of thiocarbonyl (C=S) groups is 1. The number of nitrogens with one attached hydrogen (secondary N) is 1. The third kappa shape index (κ3) is 2.81. The molecule has 0 spiro atoms. The van der Waals surface area contributed by atoms with E-state index in [1.165, 1.54) is 0 Å². The maximum atomic E-state index is 5.68. The van der Waals surface area contributed by atoms with Crippen LogP contribution in [0.5, 0.6) is 0 Å². The zero-order chi connectivity index (χ0) is 13.0. The molecule has 2 heterocycles. The van der Waals surface area contributed by atoms with Crippen LogP contribution in [0.4, 0.5) is 5.69 Å². The van der Waals surface area contributed by atoms with Crippen molar-refractivity contribution in [3.8, 4) is 0 Å². The topological polar surface area (TPSA) is 63.8 Å². The summed E-state index contributed by atoms with van der Waals surface area (Å²) in [5.74, 6) is 0. The Morgan fingerprint density at radius 2 is 2.06 bits per heavy atom. The lowest BCUT2D eigenvalue weighted by Crippen LogP contribution is -2.15. The van der Waals surface area contributed by atoms with Gasteiger partial charge in [0.2, 0.25) is 0 Å². The zero-order valence-corrected chi connectivity index (χ0v) is 10.8. The molecule has 3 N–H and O–H groups in total. The van der Waals surface area contributed by atoms with Crippen LogP contribution < -0.4 is 11.1 Å². The van der Waals surface area contributed by atoms with Crippen molar-refractivity contribution in [1.29, 1.82) is 0 Å². The van der Waals surface area contributed by atoms with Crippen molar-refractivity contribution in [3.05, 3.63) is 54.1 Å². The fourth-order valence-corrected chi connectivity index (χ4v) is 1.85. The van der Waals surface area contributed by atoms with Crippen LogP contribution in [0.25, 0.3) is 0 Å². The maximum Gasteiger partial charge on any atom is 0.106 e. The minimum atomic E-state index is 0.107. The van der Waals surface area contributed by atoms with Gasteiger partial charge >= 0.3 is 0 Å². The average Bonchev–Trinajstić information content (AvgIpc) is 2.40. The van der Waals surface area contributed by atoms with E-state index in [1.807, 2.05) is 25.3 Å². The van der Waals surface area contributed by atoms with Crippen LogP contribution in [-0.2, 0) is 0 Å². The van der Waals surface area contributed by atoms with E-state index in [9.17, 15) is 0 Å². The second-order valence-electron chi connectivity index (χ2n) is 3.94. The van der Waals surface area contributed by atoms with Gasteiger partial charge in [-0.15, -0.1) is 0 Å². The molecule has 0 bridgehead atoms. The molecule has 0 radical (unpaired) electrons. The molecule has 4 nitrogen and oxygen atoms in total. The van der Waals surface area contributed by atoms with Gasteiger partial charge in [-0.3, -0.25) is 9.97 Å². The number of rotatable bonds is 4. The van der Waals surface area contributed by atoms with E-state index in [4.69, 9.17) is 18.0 Å². The van der Waals surface area contributed by atoms with Crippen LogP contribution in [0.2, 0.25) is 0 Å². The largest absolute Gasteiger partial charge is 0.389 e. The average molecular weight is 258 g/mol. The summed E-state index contributed by atoms with van der Waals surface area (Å²) in [4.78, 5) is 8.54. The van der Waals surface area contributed by atoms with Crippen LogP contribution in [0.3, 0.4) is 0 Å². The molecule has 2 aromatic rings. The molecule has 1 unspecified atom stereocenters. The van der Waals surface area contributed by atoms with Gasteiger partial charge in [-0.25, -0.2) is 0 Å². The quantitative estimate of drug-likeness (QED) is 0.824. The van der Waals surface area contributed by atoms with Gasteiger partial charge < -0.3 is 11.1 Å². The molecule has 0 amide bonds. The van der Waals surface area contributed by atoms with Crippen LogP contribution in [0, 0.1) is 0 Å². The molecule has 1 atom stereocenters. The van der Waals surface area contributed by atoms with E-state index in [0.29, 0.717) is 4.99 Å². The molecule has 18 heavy (non-hydrogen) atoms. The lowest BCUT2D eigenvalue weighted by atomic mass is 10.1. The second-order valence-corrected chi connectivity index (χ2v) is 4.38. The first-order valence-electron chi connectivity index (χ1n) is 5.58. The monoisotopic (exact) mass is 258 g/mol. The van der Waals surface area contributed by atoms with E-state index in [1.54, 1.807) is 24.7 Å². The molecule has 0 aliphatic heterocycles. The molecule has 0 aromatic carbocycles. The Labute approximate surface area is 111 Å². The first-order chi connectivity index (χ1) is 8.68.